The zero-order valence-corrected chi connectivity index (χ0v) is 15.2. The second-order valence-corrected chi connectivity index (χ2v) is 8.37. The monoisotopic (exact) mass is 409 g/mol. The molecule has 0 aliphatic carbocycles. The number of halogens is 4. The predicted octanol–water partition coefficient (Wildman–Crippen LogP) is 3.62. The highest BCUT2D eigenvalue weighted by Gasteiger charge is 2.40. The molecule has 6 nitrogen and oxygen atoms in total. The number of nitrogens with zero attached hydrogens (tertiary/aromatic N) is 3. The van der Waals surface area contributed by atoms with Crippen molar-refractivity contribution in [3.05, 3.63) is 40.6 Å². The van der Waals surface area contributed by atoms with E-state index in [-0.39, 0.29) is 23.9 Å². The van der Waals surface area contributed by atoms with Crippen LogP contribution in [0.15, 0.2) is 27.5 Å². The molecule has 3 rings (SSSR count). The van der Waals surface area contributed by atoms with Gasteiger partial charge in [-0.2, -0.15) is 17.5 Å². The van der Waals surface area contributed by atoms with Crippen LogP contribution in [0.4, 0.5) is 13.2 Å². The Morgan fingerprint density at radius 3 is 2.46 bits per heavy atom. The molecule has 0 amide bonds. The largest absolute Gasteiger partial charge is 0.470 e. The fourth-order valence-electron chi connectivity index (χ4n) is 2.85. The van der Waals surface area contributed by atoms with Gasteiger partial charge in [0.05, 0.1) is 4.90 Å². The van der Waals surface area contributed by atoms with Gasteiger partial charge in [-0.3, -0.25) is 0 Å². The molecule has 2 heterocycles. The first kappa shape index (κ1) is 19.1. The van der Waals surface area contributed by atoms with E-state index >= 15 is 0 Å². The Kier molecular flexibility index (Phi) is 5.02. The third-order valence-electron chi connectivity index (χ3n) is 4.25. The van der Waals surface area contributed by atoms with Gasteiger partial charge in [0, 0.05) is 24.0 Å². The summed E-state index contributed by atoms with van der Waals surface area (Å²) in [7, 11) is -3.74. The van der Waals surface area contributed by atoms with Gasteiger partial charge in [0.25, 0.3) is 0 Å². The number of piperidine rings is 1. The Hall–Kier alpha value is -1.65. The highest BCUT2D eigenvalue weighted by Crippen LogP contribution is 2.34. The Balaban J connectivity index is 1.74. The number of sulfonamides is 1. The Labute approximate surface area is 153 Å². The summed E-state index contributed by atoms with van der Waals surface area (Å²) in [6.45, 7) is 1.96. The van der Waals surface area contributed by atoms with Crippen LogP contribution < -0.4 is 0 Å². The average Bonchev–Trinajstić information content (AvgIpc) is 3.07. The van der Waals surface area contributed by atoms with Crippen LogP contribution >= 0.6 is 11.6 Å². The summed E-state index contributed by atoms with van der Waals surface area (Å²) in [4.78, 5) is 0.126. The molecule has 2 aromatic rings. The lowest BCUT2D eigenvalue weighted by Gasteiger charge is -2.30. The molecule has 1 aromatic carbocycles. The van der Waals surface area contributed by atoms with Crippen LogP contribution in [0.3, 0.4) is 0 Å². The van der Waals surface area contributed by atoms with E-state index in [1.54, 1.807) is 19.1 Å². The molecule has 0 N–H and O–H groups in total. The number of hydrogen-bond donors (Lipinski definition) is 0. The molecule has 1 saturated heterocycles. The highest BCUT2D eigenvalue weighted by molar-refractivity contribution is 7.89. The lowest BCUT2D eigenvalue weighted by Crippen LogP contribution is -2.38. The Morgan fingerprint density at radius 2 is 1.88 bits per heavy atom. The van der Waals surface area contributed by atoms with Gasteiger partial charge < -0.3 is 4.42 Å². The molecule has 11 heteroatoms. The van der Waals surface area contributed by atoms with Crippen molar-refractivity contribution < 1.29 is 26.0 Å². The highest BCUT2D eigenvalue weighted by atomic mass is 35.5. The number of aromatic nitrogens is 2. The number of aryl methyl sites for hydroxylation is 1. The Bertz CT molecular complexity index is 906. The predicted molar refractivity (Wildman–Crippen MR) is 86.2 cm³/mol. The summed E-state index contributed by atoms with van der Waals surface area (Å²) in [5.41, 5.74) is 0.572. The van der Waals surface area contributed by atoms with Crippen molar-refractivity contribution in [2.24, 2.45) is 0 Å². The summed E-state index contributed by atoms with van der Waals surface area (Å²) in [6, 6.07) is 4.63. The molecule has 0 radical (unpaired) electrons. The van der Waals surface area contributed by atoms with Gasteiger partial charge in [-0.25, -0.2) is 8.42 Å². The van der Waals surface area contributed by atoms with Gasteiger partial charge in [0.2, 0.25) is 15.9 Å². The summed E-state index contributed by atoms with van der Waals surface area (Å²) >= 11 is 5.90. The SMILES string of the molecule is Cc1ccc(Cl)cc1S(=O)(=O)N1CCC(c2nnc(C(F)(F)F)o2)CC1. The molecule has 1 aliphatic rings. The van der Waals surface area contributed by atoms with Crippen molar-refractivity contribution in [1.82, 2.24) is 14.5 Å². The number of rotatable bonds is 3. The van der Waals surface area contributed by atoms with Gasteiger partial charge in [0.1, 0.15) is 0 Å². The van der Waals surface area contributed by atoms with Crippen molar-refractivity contribution in [2.45, 2.75) is 36.8 Å². The van der Waals surface area contributed by atoms with E-state index in [1.807, 2.05) is 0 Å². The van der Waals surface area contributed by atoms with E-state index in [9.17, 15) is 21.6 Å². The quantitative estimate of drug-likeness (QED) is 0.773. The standard InChI is InChI=1S/C15H15ClF3N3O3S/c1-9-2-3-11(16)8-12(9)26(23,24)22-6-4-10(5-7-22)13-20-21-14(25-13)15(17,18)19/h2-3,8,10H,4-7H2,1H3. The smallest absolute Gasteiger partial charge is 0.417 e. The average molecular weight is 410 g/mol. The zero-order valence-electron chi connectivity index (χ0n) is 13.6. The Morgan fingerprint density at radius 1 is 1.23 bits per heavy atom. The van der Waals surface area contributed by atoms with Crippen molar-refractivity contribution in [3.8, 4) is 0 Å². The molecule has 0 saturated carbocycles. The summed E-state index contributed by atoms with van der Waals surface area (Å²) in [6.07, 6.45) is -4.12. The minimum absolute atomic E-state index is 0.117. The maximum Gasteiger partial charge on any atom is 0.470 e. The van der Waals surface area contributed by atoms with E-state index in [0.717, 1.165) is 0 Å². The van der Waals surface area contributed by atoms with Crippen LogP contribution in [-0.2, 0) is 16.2 Å². The zero-order chi connectivity index (χ0) is 19.1. The molecule has 1 aromatic heterocycles. The van der Waals surface area contributed by atoms with E-state index in [2.05, 4.69) is 10.2 Å². The van der Waals surface area contributed by atoms with Crippen molar-refractivity contribution in [1.29, 1.82) is 0 Å². The molecule has 0 spiro atoms. The van der Waals surface area contributed by atoms with Crippen molar-refractivity contribution >= 4 is 21.6 Å². The third kappa shape index (κ3) is 3.72. The number of alkyl halides is 3. The number of hydrogen-bond acceptors (Lipinski definition) is 5. The van der Waals surface area contributed by atoms with Gasteiger partial charge in [-0.05, 0) is 37.5 Å². The first-order valence-corrected chi connectivity index (χ1v) is 9.58. The van der Waals surface area contributed by atoms with Gasteiger partial charge in [-0.15, -0.1) is 10.2 Å². The van der Waals surface area contributed by atoms with Crippen LogP contribution in [0, 0.1) is 6.92 Å². The van der Waals surface area contributed by atoms with Crippen molar-refractivity contribution in [2.75, 3.05) is 13.1 Å². The van der Waals surface area contributed by atoms with Crippen molar-refractivity contribution in [3.63, 3.8) is 0 Å². The first-order chi connectivity index (χ1) is 12.1. The van der Waals surface area contributed by atoms with E-state index in [0.29, 0.717) is 23.4 Å². The third-order valence-corrected chi connectivity index (χ3v) is 6.53. The molecule has 26 heavy (non-hydrogen) atoms. The lowest BCUT2D eigenvalue weighted by atomic mass is 9.98. The molecule has 142 valence electrons. The van der Waals surface area contributed by atoms with Crippen LogP contribution in [-0.4, -0.2) is 36.0 Å². The fourth-order valence-corrected chi connectivity index (χ4v) is 4.81. The minimum atomic E-state index is -4.70. The van der Waals surface area contributed by atoms with E-state index in [4.69, 9.17) is 16.0 Å². The molecular weight excluding hydrogens is 395 g/mol. The van der Waals surface area contributed by atoms with Gasteiger partial charge in [-0.1, -0.05) is 17.7 Å². The normalized spacial score (nSPS) is 17.6. The topological polar surface area (TPSA) is 76.3 Å². The summed E-state index contributed by atoms with van der Waals surface area (Å²) in [5, 5.41) is 6.78. The molecule has 1 aliphatic heterocycles. The lowest BCUT2D eigenvalue weighted by molar-refractivity contribution is -0.157. The molecule has 0 bridgehead atoms. The second-order valence-electron chi connectivity index (χ2n) is 6.03. The molecule has 1 fully saturated rings. The van der Waals surface area contributed by atoms with Gasteiger partial charge >= 0.3 is 12.1 Å². The second kappa shape index (κ2) is 6.82. The first-order valence-electron chi connectivity index (χ1n) is 7.76. The van der Waals surface area contributed by atoms with E-state index < -0.39 is 28.0 Å². The van der Waals surface area contributed by atoms with E-state index in [1.165, 1.54) is 10.4 Å². The van der Waals surface area contributed by atoms with Crippen LogP contribution in [0.25, 0.3) is 0 Å². The number of benzene rings is 1. The summed E-state index contributed by atoms with van der Waals surface area (Å²) < 4.78 is 69.3. The van der Waals surface area contributed by atoms with Gasteiger partial charge in [0.15, 0.2) is 0 Å². The summed E-state index contributed by atoms with van der Waals surface area (Å²) in [5.74, 6) is -1.92. The van der Waals surface area contributed by atoms with Crippen LogP contribution in [0.1, 0.15) is 36.1 Å². The maximum absolute atomic E-state index is 12.8. The van der Waals surface area contributed by atoms with Crippen LogP contribution in [0.2, 0.25) is 5.02 Å². The molecule has 0 unspecified atom stereocenters. The fraction of sp³-hybridized carbons (Fsp3) is 0.467. The molecular formula is C15H15ClF3N3O3S. The van der Waals surface area contributed by atoms with Crippen LogP contribution in [0.5, 0.6) is 0 Å². The molecule has 0 atom stereocenters. The maximum atomic E-state index is 12.8. The minimum Gasteiger partial charge on any atom is -0.417 e.